The number of ether oxygens (including phenoxy) is 2. The molecule has 11 heteroatoms. The summed E-state index contributed by atoms with van der Waals surface area (Å²) in [5, 5.41) is 1.48. The molecular formula is C29H27F2N3O4S2. The van der Waals surface area contributed by atoms with Crippen LogP contribution in [0.1, 0.15) is 13.8 Å². The second kappa shape index (κ2) is 14.0. The summed E-state index contributed by atoms with van der Waals surface area (Å²) in [6, 6.07) is 19.4. The zero-order valence-corrected chi connectivity index (χ0v) is 23.5. The van der Waals surface area contributed by atoms with Crippen LogP contribution < -0.4 is 8.61 Å². The van der Waals surface area contributed by atoms with E-state index in [-0.39, 0.29) is 37.9 Å². The number of fused-ring (bicyclic) bond motifs is 1. The summed E-state index contributed by atoms with van der Waals surface area (Å²) in [6.07, 6.45) is 1.62. The molecule has 1 heterocycles. The van der Waals surface area contributed by atoms with E-state index in [2.05, 4.69) is 0 Å². The largest absolute Gasteiger partial charge is 0.465 e. The number of nitrogens with zero attached hydrogens (tertiary/aromatic N) is 3. The van der Waals surface area contributed by atoms with E-state index < -0.39 is 11.9 Å². The molecule has 40 heavy (non-hydrogen) atoms. The van der Waals surface area contributed by atoms with E-state index in [0.717, 1.165) is 10.3 Å². The average Bonchev–Trinajstić information content (AvgIpc) is 2.94. The quantitative estimate of drug-likeness (QED) is 0.134. The molecule has 0 bridgehead atoms. The number of carbonyl (C=O) groups excluding carboxylic acids is 2. The standard InChI is InChI=1S/C29H27F2N3O4S2/c1-3-37-27(35)18-33(39-22-13-9-20(30)10-14-22)26-17-32-29(25-8-6-5-7-24(25)26)34(19-28(36)38-4-2)40-23-15-11-21(31)12-16-23/h5-17H,3-4,18-19H2,1-2H3. The van der Waals surface area contributed by atoms with E-state index in [1.807, 2.05) is 24.3 Å². The van der Waals surface area contributed by atoms with Crippen molar-refractivity contribution in [2.24, 2.45) is 0 Å². The van der Waals surface area contributed by atoms with Crippen molar-refractivity contribution in [3.8, 4) is 0 Å². The number of hydrogen-bond donors (Lipinski definition) is 0. The van der Waals surface area contributed by atoms with Crippen LogP contribution in [-0.2, 0) is 19.1 Å². The Labute approximate surface area is 239 Å². The van der Waals surface area contributed by atoms with Gasteiger partial charge in [-0.25, -0.2) is 13.8 Å². The predicted octanol–water partition coefficient (Wildman–Crippen LogP) is 6.67. The molecule has 0 N–H and O–H groups in total. The summed E-state index contributed by atoms with van der Waals surface area (Å²) in [5.41, 5.74) is 0.629. The minimum Gasteiger partial charge on any atom is -0.465 e. The highest BCUT2D eigenvalue weighted by atomic mass is 32.2. The van der Waals surface area contributed by atoms with Crippen molar-refractivity contribution in [2.75, 3.05) is 34.9 Å². The van der Waals surface area contributed by atoms with E-state index >= 15 is 0 Å². The van der Waals surface area contributed by atoms with Gasteiger partial charge in [-0.2, -0.15) is 0 Å². The monoisotopic (exact) mass is 583 g/mol. The molecule has 0 aliphatic heterocycles. The second-order valence-corrected chi connectivity index (χ2v) is 10.5. The third-order valence-corrected chi connectivity index (χ3v) is 7.51. The van der Waals surface area contributed by atoms with Crippen LogP contribution in [-0.4, -0.2) is 43.2 Å². The molecule has 7 nitrogen and oxygen atoms in total. The number of carbonyl (C=O) groups is 2. The van der Waals surface area contributed by atoms with Gasteiger partial charge >= 0.3 is 11.9 Å². The summed E-state index contributed by atoms with van der Waals surface area (Å²) in [4.78, 5) is 31.2. The minimum atomic E-state index is -0.442. The highest BCUT2D eigenvalue weighted by Crippen LogP contribution is 2.39. The van der Waals surface area contributed by atoms with Gasteiger partial charge in [-0.3, -0.25) is 18.2 Å². The van der Waals surface area contributed by atoms with E-state index in [1.165, 1.54) is 48.2 Å². The Balaban J connectivity index is 1.77. The molecule has 0 amide bonds. The SMILES string of the molecule is CCOC(=O)CN(Sc1ccc(F)cc1)c1cnc(N(CC(=O)OCC)Sc2ccc(F)cc2)c2ccccc12. The van der Waals surface area contributed by atoms with Crippen molar-refractivity contribution in [1.82, 2.24) is 4.98 Å². The Morgan fingerprint density at radius 3 is 1.73 bits per heavy atom. The molecule has 0 fully saturated rings. The molecule has 4 rings (SSSR count). The van der Waals surface area contributed by atoms with Crippen molar-refractivity contribution in [3.63, 3.8) is 0 Å². The van der Waals surface area contributed by atoms with Crippen molar-refractivity contribution in [1.29, 1.82) is 0 Å². The number of anilines is 2. The molecule has 4 aromatic rings. The van der Waals surface area contributed by atoms with Crippen LogP contribution in [0.4, 0.5) is 20.3 Å². The Morgan fingerprint density at radius 1 is 0.725 bits per heavy atom. The molecular weight excluding hydrogens is 556 g/mol. The molecule has 0 unspecified atom stereocenters. The molecule has 3 aromatic carbocycles. The lowest BCUT2D eigenvalue weighted by atomic mass is 10.1. The Kier molecular flexibility index (Phi) is 10.2. The van der Waals surface area contributed by atoms with Gasteiger partial charge in [-0.1, -0.05) is 24.3 Å². The number of esters is 2. The predicted molar refractivity (Wildman–Crippen MR) is 154 cm³/mol. The molecule has 1 aromatic heterocycles. The third-order valence-electron chi connectivity index (χ3n) is 5.47. The molecule has 0 aliphatic rings. The average molecular weight is 584 g/mol. The maximum absolute atomic E-state index is 13.5. The van der Waals surface area contributed by atoms with E-state index in [4.69, 9.17) is 14.5 Å². The summed E-state index contributed by atoms with van der Waals surface area (Å²) in [5.74, 6) is -1.11. The van der Waals surface area contributed by atoms with Crippen LogP contribution in [0, 0.1) is 11.6 Å². The van der Waals surface area contributed by atoms with Gasteiger partial charge in [0.1, 0.15) is 30.5 Å². The first-order valence-electron chi connectivity index (χ1n) is 12.5. The topological polar surface area (TPSA) is 72.0 Å². The van der Waals surface area contributed by atoms with E-state index in [0.29, 0.717) is 21.8 Å². The van der Waals surface area contributed by atoms with Gasteiger partial charge in [0.15, 0.2) is 0 Å². The number of pyridine rings is 1. The molecule has 0 radical (unpaired) electrons. The number of aromatic nitrogens is 1. The summed E-state index contributed by atoms with van der Waals surface area (Å²) in [7, 11) is 0. The first-order valence-corrected chi connectivity index (χ1v) is 14.0. The van der Waals surface area contributed by atoms with Crippen molar-refractivity contribution in [3.05, 3.63) is 90.6 Å². The van der Waals surface area contributed by atoms with Crippen molar-refractivity contribution < 1.29 is 27.8 Å². The number of halogens is 2. The van der Waals surface area contributed by atoms with Crippen LogP contribution in [0.5, 0.6) is 0 Å². The fourth-order valence-corrected chi connectivity index (χ4v) is 5.61. The van der Waals surface area contributed by atoms with Crippen LogP contribution in [0.15, 0.2) is 88.8 Å². The highest BCUT2D eigenvalue weighted by molar-refractivity contribution is 8.01. The lowest BCUT2D eigenvalue weighted by Crippen LogP contribution is -2.27. The van der Waals surface area contributed by atoms with Gasteiger partial charge in [0.25, 0.3) is 0 Å². The molecule has 0 saturated carbocycles. The smallest absolute Gasteiger partial charge is 0.326 e. The highest BCUT2D eigenvalue weighted by Gasteiger charge is 2.23. The van der Waals surface area contributed by atoms with E-state index in [1.54, 1.807) is 52.9 Å². The van der Waals surface area contributed by atoms with Gasteiger partial charge in [0.2, 0.25) is 0 Å². The number of benzene rings is 3. The zero-order chi connectivity index (χ0) is 28.5. The van der Waals surface area contributed by atoms with Gasteiger partial charge in [-0.05, 0) is 86.3 Å². The minimum absolute atomic E-state index is 0.0855. The fraction of sp³-hybridized carbons (Fsp3) is 0.207. The van der Waals surface area contributed by atoms with Crippen LogP contribution in [0.2, 0.25) is 0 Å². The van der Waals surface area contributed by atoms with Gasteiger partial charge in [0, 0.05) is 20.6 Å². The van der Waals surface area contributed by atoms with E-state index in [9.17, 15) is 18.4 Å². The fourth-order valence-electron chi connectivity index (χ4n) is 3.77. The van der Waals surface area contributed by atoms with Gasteiger partial charge < -0.3 is 9.47 Å². The van der Waals surface area contributed by atoms with Crippen molar-refractivity contribution in [2.45, 2.75) is 23.6 Å². The van der Waals surface area contributed by atoms with Gasteiger partial charge in [0.05, 0.1) is 25.1 Å². The Morgan fingerprint density at radius 2 is 1.20 bits per heavy atom. The van der Waals surface area contributed by atoms with Crippen LogP contribution in [0.3, 0.4) is 0 Å². The van der Waals surface area contributed by atoms with Crippen molar-refractivity contribution >= 4 is 58.1 Å². The first kappa shape index (κ1) is 29.2. The van der Waals surface area contributed by atoms with Crippen LogP contribution >= 0.6 is 23.9 Å². The number of hydrogen-bond acceptors (Lipinski definition) is 9. The number of rotatable bonds is 12. The Hall–Kier alpha value is -3.83. The second-order valence-electron chi connectivity index (χ2n) is 8.29. The summed E-state index contributed by atoms with van der Waals surface area (Å²) < 4.78 is 40.9. The Bertz CT molecular complexity index is 1350. The lowest BCUT2D eigenvalue weighted by Gasteiger charge is -2.27. The maximum Gasteiger partial charge on any atom is 0.326 e. The molecule has 208 valence electrons. The molecule has 0 spiro atoms. The van der Waals surface area contributed by atoms with Gasteiger partial charge in [-0.15, -0.1) is 0 Å². The third kappa shape index (κ3) is 7.64. The summed E-state index contributed by atoms with van der Waals surface area (Å²) >= 11 is 2.48. The maximum atomic E-state index is 13.5. The summed E-state index contributed by atoms with van der Waals surface area (Å²) in [6.45, 7) is 3.73. The van der Waals surface area contributed by atoms with Crippen LogP contribution in [0.25, 0.3) is 10.8 Å². The first-order chi connectivity index (χ1) is 19.4. The zero-order valence-electron chi connectivity index (χ0n) is 21.9. The normalized spacial score (nSPS) is 10.8. The molecule has 0 atom stereocenters. The molecule has 0 aliphatic carbocycles. The molecule has 0 saturated heterocycles. The lowest BCUT2D eigenvalue weighted by molar-refractivity contribution is -0.142.